The summed E-state index contributed by atoms with van der Waals surface area (Å²) in [4.78, 5) is 16.9. The van der Waals surface area contributed by atoms with E-state index in [4.69, 9.17) is 0 Å². The standard InChI is InChI=1S/C21H27N5O/c1-16-5-4-6-18(15-16)22-17-9-13-26(14-10-17)21(27)19-7-8-20(24-23-19)25-11-2-3-12-25/h4-8,15,17,22H,2-3,9-14H2,1H3. The number of nitrogens with zero attached hydrogens (tertiary/aromatic N) is 4. The minimum Gasteiger partial charge on any atom is -0.382 e. The lowest BCUT2D eigenvalue weighted by molar-refractivity contribution is 0.0711. The number of likely N-dealkylation sites (tertiary alicyclic amines) is 1. The molecule has 0 bridgehead atoms. The normalized spacial score (nSPS) is 18.0. The fourth-order valence-electron chi connectivity index (χ4n) is 3.91. The number of benzene rings is 1. The topological polar surface area (TPSA) is 61.4 Å². The number of aromatic nitrogens is 2. The lowest BCUT2D eigenvalue weighted by Crippen LogP contribution is -2.42. The molecule has 1 aromatic carbocycles. The summed E-state index contributed by atoms with van der Waals surface area (Å²) in [6.45, 7) is 5.66. The number of amides is 1. The number of hydrogen-bond acceptors (Lipinski definition) is 5. The molecule has 0 aliphatic carbocycles. The minimum absolute atomic E-state index is 0.00974. The van der Waals surface area contributed by atoms with Crippen LogP contribution in [0, 0.1) is 6.92 Å². The van der Waals surface area contributed by atoms with Crippen molar-refractivity contribution < 1.29 is 4.79 Å². The third-order valence-corrected chi connectivity index (χ3v) is 5.47. The van der Waals surface area contributed by atoms with Gasteiger partial charge in [-0.1, -0.05) is 12.1 Å². The molecular formula is C21H27N5O. The Hall–Kier alpha value is -2.63. The highest BCUT2D eigenvalue weighted by molar-refractivity contribution is 5.92. The molecule has 1 N–H and O–H groups in total. The highest BCUT2D eigenvalue weighted by atomic mass is 16.2. The van der Waals surface area contributed by atoms with Crippen molar-refractivity contribution in [3.8, 4) is 0 Å². The first kappa shape index (κ1) is 17.8. The maximum Gasteiger partial charge on any atom is 0.274 e. The summed E-state index contributed by atoms with van der Waals surface area (Å²) in [6.07, 6.45) is 4.29. The fraction of sp³-hybridized carbons (Fsp3) is 0.476. The summed E-state index contributed by atoms with van der Waals surface area (Å²) in [6, 6.07) is 12.6. The van der Waals surface area contributed by atoms with Crippen molar-refractivity contribution in [3.05, 3.63) is 47.7 Å². The van der Waals surface area contributed by atoms with Gasteiger partial charge in [-0.15, -0.1) is 10.2 Å². The van der Waals surface area contributed by atoms with E-state index in [0.717, 1.165) is 50.5 Å². The fourth-order valence-corrected chi connectivity index (χ4v) is 3.91. The van der Waals surface area contributed by atoms with E-state index >= 15 is 0 Å². The van der Waals surface area contributed by atoms with Crippen LogP contribution in [0.15, 0.2) is 36.4 Å². The van der Waals surface area contributed by atoms with E-state index in [2.05, 4.69) is 51.6 Å². The first-order valence-corrected chi connectivity index (χ1v) is 9.90. The first-order chi connectivity index (χ1) is 13.2. The highest BCUT2D eigenvalue weighted by Crippen LogP contribution is 2.20. The Labute approximate surface area is 160 Å². The number of carbonyl (C=O) groups is 1. The zero-order chi connectivity index (χ0) is 18.6. The lowest BCUT2D eigenvalue weighted by Gasteiger charge is -2.32. The van der Waals surface area contributed by atoms with Crippen molar-refractivity contribution in [3.63, 3.8) is 0 Å². The van der Waals surface area contributed by atoms with Crippen LogP contribution in [0.25, 0.3) is 0 Å². The van der Waals surface area contributed by atoms with Gasteiger partial charge in [0.25, 0.3) is 5.91 Å². The van der Waals surface area contributed by atoms with Gasteiger partial charge in [0.05, 0.1) is 0 Å². The van der Waals surface area contributed by atoms with E-state index in [9.17, 15) is 4.79 Å². The summed E-state index contributed by atoms with van der Waals surface area (Å²) in [5.41, 5.74) is 2.86. The minimum atomic E-state index is -0.00974. The Morgan fingerprint density at radius 2 is 1.81 bits per heavy atom. The molecule has 2 fully saturated rings. The van der Waals surface area contributed by atoms with Crippen LogP contribution < -0.4 is 10.2 Å². The zero-order valence-electron chi connectivity index (χ0n) is 15.9. The van der Waals surface area contributed by atoms with Crippen LogP contribution in [-0.4, -0.2) is 53.2 Å². The first-order valence-electron chi connectivity index (χ1n) is 9.90. The van der Waals surface area contributed by atoms with Gasteiger partial charge in [-0.3, -0.25) is 4.79 Å². The van der Waals surface area contributed by atoms with E-state index in [1.54, 1.807) is 0 Å². The Kier molecular flexibility index (Phi) is 5.23. The summed E-state index contributed by atoms with van der Waals surface area (Å²) in [5.74, 6) is 0.870. The van der Waals surface area contributed by atoms with Crippen LogP contribution in [-0.2, 0) is 0 Å². The molecule has 2 saturated heterocycles. The van der Waals surface area contributed by atoms with Crippen LogP contribution in [0.3, 0.4) is 0 Å². The van der Waals surface area contributed by atoms with Crippen LogP contribution in [0.1, 0.15) is 41.7 Å². The Bertz CT molecular complexity index is 777. The summed E-state index contributed by atoms with van der Waals surface area (Å²) in [5, 5.41) is 12.1. The van der Waals surface area contributed by atoms with Gasteiger partial charge in [-0.05, 0) is 62.4 Å². The van der Waals surface area contributed by atoms with Crippen molar-refractivity contribution in [1.29, 1.82) is 0 Å². The quantitative estimate of drug-likeness (QED) is 0.902. The van der Waals surface area contributed by atoms with Crippen molar-refractivity contribution in [2.75, 3.05) is 36.4 Å². The van der Waals surface area contributed by atoms with Crippen molar-refractivity contribution in [1.82, 2.24) is 15.1 Å². The second kappa shape index (κ2) is 7.94. The smallest absolute Gasteiger partial charge is 0.274 e. The van der Waals surface area contributed by atoms with Gasteiger partial charge in [-0.25, -0.2) is 0 Å². The second-order valence-corrected chi connectivity index (χ2v) is 7.55. The van der Waals surface area contributed by atoms with E-state index in [1.807, 2.05) is 17.0 Å². The number of aryl methyl sites for hydroxylation is 1. The average molecular weight is 365 g/mol. The predicted octanol–water partition coefficient (Wildman–Crippen LogP) is 3.10. The number of piperidine rings is 1. The molecule has 0 atom stereocenters. The molecule has 2 aliphatic heterocycles. The molecule has 0 saturated carbocycles. The molecule has 142 valence electrons. The van der Waals surface area contributed by atoms with Gasteiger partial charge >= 0.3 is 0 Å². The molecule has 1 aromatic heterocycles. The Morgan fingerprint density at radius 1 is 1.04 bits per heavy atom. The zero-order valence-corrected chi connectivity index (χ0v) is 15.9. The molecule has 2 aliphatic rings. The summed E-state index contributed by atoms with van der Waals surface area (Å²) in [7, 11) is 0. The van der Waals surface area contributed by atoms with E-state index < -0.39 is 0 Å². The summed E-state index contributed by atoms with van der Waals surface area (Å²) >= 11 is 0. The number of hydrogen-bond donors (Lipinski definition) is 1. The van der Waals surface area contributed by atoms with Gasteiger partial charge in [0.2, 0.25) is 0 Å². The molecule has 27 heavy (non-hydrogen) atoms. The predicted molar refractivity (Wildman–Crippen MR) is 107 cm³/mol. The highest BCUT2D eigenvalue weighted by Gasteiger charge is 2.25. The SMILES string of the molecule is Cc1cccc(NC2CCN(C(=O)c3ccc(N4CCCC4)nn3)CC2)c1. The van der Waals surface area contributed by atoms with Crippen LogP contribution >= 0.6 is 0 Å². The molecule has 4 rings (SSSR count). The van der Waals surface area contributed by atoms with E-state index in [1.165, 1.54) is 18.4 Å². The van der Waals surface area contributed by atoms with Crippen molar-refractivity contribution in [2.45, 2.75) is 38.6 Å². The third-order valence-electron chi connectivity index (χ3n) is 5.47. The number of nitrogens with one attached hydrogen (secondary N) is 1. The largest absolute Gasteiger partial charge is 0.382 e. The maximum atomic E-state index is 12.7. The van der Waals surface area contributed by atoms with E-state index in [-0.39, 0.29) is 5.91 Å². The molecule has 0 unspecified atom stereocenters. The number of anilines is 2. The van der Waals surface area contributed by atoms with Gasteiger partial charge in [0.15, 0.2) is 11.5 Å². The van der Waals surface area contributed by atoms with Gasteiger partial charge in [0, 0.05) is 37.9 Å². The van der Waals surface area contributed by atoms with Crippen LogP contribution in [0.5, 0.6) is 0 Å². The monoisotopic (exact) mass is 365 g/mol. The van der Waals surface area contributed by atoms with Crippen LogP contribution in [0.2, 0.25) is 0 Å². The second-order valence-electron chi connectivity index (χ2n) is 7.55. The number of carbonyl (C=O) groups excluding carboxylic acids is 1. The van der Waals surface area contributed by atoms with Crippen LogP contribution in [0.4, 0.5) is 11.5 Å². The van der Waals surface area contributed by atoms with Gasteiger partial charge < -0.3 is 15.1 Å². The molecular weight excluding hydrogens is 338 g/mol. The van der Waals surface area contributed by atoms with Crippen molar-refractivity contribution in [2.24, 2.45) is 0 Å². The maximum absolute atomic E-state index is 12.7. The molecule has 3 heterocycles. The Morgan fingerprint density at radius 3 is 2.48 bits per heavy atom. The van der Waals surface area contributed by atoms with E-state index in [0.29, 0.717) is 11.7 Å². The molecule has 6 nitrogen and oxygen atoms in total. The molecule has 0 spiro atoms. The third kappa shape index (κ3) is 4.21. The average Bonchev–Trinajstić information content (AvgIpc) is 3.23. The lowest BCUT2D eigenvalue weighted by atomic mass is 10.0. The number of rotatable bonds is 4. The Balaban J connectivity index is 1.31. The van der Waals surface area contributed by atoms with Crippen molar-refractivity contribution >= 4 is 17.4 Å². The molecule has 1 amide bonds. The van der Waals surface area contributed by atoms with Gasteiger partial charge in [0.1, 0.15) is 0 Å². The van der Waals surface area contributed by atoms with Gasteiger partial charge in [-0.2, -0.15) is 0 Å². The molecule has 6 heteroatoms. The summed E-state index contributed by atoms with van der Waals surface area (Å²) < 4.78 is 0. The molecule has 0 radical (unpaired) electrons. The molecule has 2 aromatic rings.